The molecular formula is C21H21N3O5S. The van der Waals surface area contributed by atoms with Crippen molar-refractivity contribution in [2.75, 3.05) is 5.75 Å². The summed E-state index contributed by atoms with van der Waals surface area (Å²) in [5.74, 6) is -2.70. The number of rotatable bonds is 7. The second-order valence-electron chi connectivity index (χ2n) is 6.82. The average molecular weight is 427 g/mol. The Kier molecular flexibility index (Phi) is 6.02. The maximum atomic E-state index is 12.7. The lowest BCUT2D eigenvalue weighted by Crippen LogP contribution is -2.28. The van der Waals surface area contributed by atoms with Crippen LogP contribution in [0.1, 0.15) is 29.0 Å². The Hall–Kier alpha value is -3.46. The van der Waals surface area contributed by atoms with Crippen molar-refractivity contribution in [3.05, 3.63) is 71.9 Å². The molecule has 1 atom stereocenters. The summed E-state index contributed by atoms with van der Waals surface area (Å²) >= 11 is 0. The number of nitrogens with one attached hydrogen (secondary N) is 1. The van der Waals surface area contributed by atoms with Crippen LogP contribution in [-0.4, -0.2) is 40.9 Å². The van der Waals surface area contributed by atoms with Crippen molar-refractivity contribution in [2.45, 2.75) is 17.9 Å². The van der Waals surface area contributed by atoms with Crippen LogP contribution in [0.25, 0.3) is 11.3 Å². The Morgan fingerprint density at radius 3 is 2.33 bits per heavy atom. The fourth-order valence-corrected chi connectivity index (χ4v) is 4.04. The number of benzene rings is 2. The van der Waals surface area contributed by atoms with Crippen molar-refractivity contribution < 1.29 is 23.1 Å². The highest BCUT2D eigenvalue weighted by Gasteiger charge is 2.20. The first-order valence-electron chi connectivity index (χ1n) is 9.12. The predicted octanol–water partition coefficient (Wildman–Crippen LogP) is 2.44. The maximum absolute atomic E-state index is 12.7. The Morgan fingerprint density at radius 1 is 1.10 bits per heavy atom. The van der Waals surface area contributed by atoms with Crippen molar-refractivity contribution >= 4 is 21.7 Å². The zero-order valence-electron chi connectivity index (χ0n) is 16.4. The van der Waals surface area contributed by atoms with Crippen LogP contribution < -0.4 is 5.32 Å². The SMILES string of the molecule is CC(NC(=O)c1cc(-c2ccccc2)nn1C)c1ccc(S(=O)(=O)CC(=O)O)cc1. The van der Waals surface area contributed by atoms with E-state index in [1.165, 1.54) is 16.8 Å². The third-order valence-corrected chi connectivity index (χ3v) is 6.20. The predicted molar refractivity (Wildman–Crippen MR) is 111 cm³/mol. The number of carbonyl (C=O) groups is 2. The topological polar surface area (TPSA) is 118 Å². The fraction of sp³-hybridized carbons (Fsp3) is 0.190. The molecule has 2 aromatic carbocycles. The van der Waals surface area contributed by atoms with Gasteiger partial charge >= 0.3 is 5.97 Å². The van der Waals surface area contributed by atoms with E-state index in [2.05, 4.69) is 10.4 Å². The molecule has 0 saturated carbocycles. The average Bonchev–Trinajstić information content (AvgIpc) is 3.09. The number of sulfone groups is 1. The van der Waals surface area contributed by atoms with Crippen LogP contribution in [0.2, 0.25) is 0 Å². The Bertz CT molecular complexity index is 1170. The van der Waals surface area contributed by atoms with Crippen molar-refractivity contribution in [1.29, 1.82) is 0 Å². The summed E-state index contributed by atoms with van der Waals surface area (Å²) in [6, 6.07) is 16.6. The molecule has 0 bridgehead atoms. The normalized spacial score (nSPS) is 12.3. The summed E-state index contributed by atoms with van der Waals surface area (Å²) in [6.45, 7) is 1.77. The minimum absolute atomic E-state index is 0.0775. The molecule has 9 heteroatoms. The van der Waals surface area contributed by atoms with E-state index >= 15 is 0 Å². The number of aromatic nitrogens is 2. The minimum Gasteiger partial charge on any atom is -0.480 e. The van der Waals surface area contributed by atoms with Gasteiger partial charge < -0.3 is 10.4 Å². The molecule has 0 aliphatic carbocycles. The van der Waals surface area contributed by atoms with Crippen molar-refractivity contribution in [3.8, 4) is 11.3 Å². The van der Waals surface area contributed by atoms with Crippen LogP contribution in [0.5, 0.6) is 0 Å². The molecule has 8 nitrogen and oxygen atoms in total. The smallest absolute Gasteiger partial charge is 0.319 e. The number of aliphatic carboxylic acids is 1. The lowest BCUT2D eigenvalue weighted by atomic mass is 10.1. The van der Waals surface area contributed by atoms with Gasteiger partial charge in [-0.1, -0.05) is 42.5 Å². The van der Waals surface area contributed by atoms with Crippen molar-refractivity contribution in [2.24, 2.45) is 7.05 Å². The molecule has 1 heterocycles. The quantitative estimate of drug-likeness (QED) is 0.598. The summed E-state index contributed by atoms with van der Waals surface area (Å²) in [7, 11) is -2.21. The largest absolute Gasteiger partial charge is 0.480 e. The lowest BCUT2D eigenvalue weighted by Gasteiger charge is -2.15. The van der Waals surface area contributed by atoms with Crippen LogP contribution in [0.15, 0.2) is 65.6 Å². The van der Waals surface area contributed by atoms with Gasteiger partial charge in [0.2, 0.25) is 0 Å². The minimum atomic E-state index is -3.90. The molecule has 3 aromatic rings. The molecule has 30 heavy (non-hydrogen) atoms. The standard InChI is InChI=1S/C21H21N3O5S/c1-14(15-8-10-17(11-9-15)30(28,29)13-20(25)26)22-21(27)19-12-18(23-24(19)2)16-6-4-3-5-7-16/h3-12,14H,13H2,1-2H3,(H,22,27)(H,25,26). The summed E-state index contributed by atoms with van der Waals surface area (Å²) in [5, 5.41) is 16.0. The van der Waals surface area contributed by atoms with E-state index in [1.807, 2.05) is 30.3 Å². The van der Waals surface area contributed by atoms with E-state index in [-0.39, 0.29) is 10.8 Å². The Morgan fingerprint density at radius 2 is 1.73 bits per heavy atom. The molecule has 0 fully saturated rings. The Balaban J connectivity index is 1.73. The van der Waals surface area contributed by atoms with E-state index in [0.29, 0.717) is 17.0 Å². The van der Waals surface area contributed by atoms with E-state index < -0.39 is 27.6 Å². The Labute approximate surface area is 174 Å². The highest BCUT2D eigenvalue weighted by Crippen LogP contribution is 2.20. The summed E-state index contributed by atoms with van der Waals surface area (Å²) < 4.78 is 25.5. The van der Waals surface area contributed by atoms with Gasteiger partial charge in [0.05, 0.1) is 16.6 Å². The number of carboxylic acid groups (broad SMARTS) is 1. The molecule has 0 spiro atoms. The maximum Gasteiger partial charge on any atom is 0.319 e. The molecule has 0 aliphatic rings. The first-order valence-corrected chi connectivity index (χ1v) is 10.8. The van der Waals surface area contributed by atoms with Gasteiger partial charge in [-0.2, -0.15) is 5.10 Å². The molecule has 1 unspecified atom stereocenters. The molecule has 1 aromatic heterocycles. The van der Waals surface area contributed by atoms with E-state index in [1.54, 1.807) is 32.2 Å². The van der Waals surface area contributed by atoms with Crippen molar-refractivity contribution in [3.63, 3.8) is 0 Å². The summed E-state index contributed by atoms with van der Waals surface area (Å²) in [5.41, 5.74) is 2.66. The second kappa shape index (κ2) is 8.50. The summed E-state index contributed by atoms with van der Waals surface area (Å²) in [4.78, 5) is 23.3. The molecular weight excluding hydrogens is 406 g/mol. The third kappa shape index (κ3) is 4.74. The van der Waals surface area contributed by atoms with Gasteiger partial charge in [-0.3, -0.25) is 14.3 Å². The van der Waals surface area contributed by atoms with Gasteiger partial charge in [0.15, 0.2) is 15.6 Å². The molecule has 2 N–H and O–H groups in total. The first kappa shape index (κ1) is 21.3. The van der Waals surface area contributed by atoms with Crippen molar-refractivity contribution in [1.82, 2.24) is 15.1 Å². The van der Waals surface area contributed by atoms with Gasteiger partial charge in [-0.05, 0) is 30.7 Å². The molecule has 0 aliphatic heterocycles. The number of amides is 1. The monoisotopic (exact) mass is 427 g/mol. The van der Waals surface area contributed by atoms with Crippen LogP contribution in [0.4, 0.5) is 0 Å². The molecule has 0 saturated heterocycles. The molecule has 0 radical (unpaired) electrons. The summed E-state index contributed by atoms with van der Waals surface area (Å²) in [6.07, 6.45) is 0. The van der Waals surface area contributed by atoms with Crippen LogP contribution in [-0.2, 0) is 21.7 Å². The van der Waals surface area contributed by atoms with E-state index in [9.17, 15) is 18.0 Å². The molecule has 1 amide bonds. The zero-order valence-corrected chi connectivity index (χ0v) is 17.3. The highest BCUT2D eigenvalue weighted by atomic mass is 32.2. The molecule has 156 valence electrons. The van der Waals surface area contributed by atoms with Crippen LogP contribution in [0.3, 0.4) is 0 Å². The van der Waals surface area contributed by atoms with Gasteiger partial charge in [0, 0.05) is 12.6 Å². The number of hydrogen-bond acceptors (Lipinski definition) is 5. The number of carbonyl (C=O) groups excluding carboxylic acids is 1. The van der Waals surface area contributed by atoms with Crippen LogP contribution >= 0.6 is 0 Å². The van der Waals surface area contributed by atoms with Gasteiger partial charge in [-0.25, -0.2) is 8.42 Å². The zero-order chi connectivity index (χ0) is 21.9. The number of nitrogens with zero attached hydrogens (tertiary/aromatic N) is 2. The lowest BCUT2D eigenvalue weighted by molar-refractivity contribution is -0.134. The second-order valence-corrected chi connectivity index (χ2v) is 8.81. The van der Waals surface area contributed by atoms with Gasteiger partial charge in [0.1, 0.15) is 5.69 Å². The molecule has 3 rings (SSSR count). The van der Waals surface area contributed by atoms with Crippen LogP contribution in [0, 0.1) is 0 Å². The fourth-order valence-electron chi connectivity index (χ4n) is 2.99. The third-order valence-electron chi connectivity index (χ3n) is 4.58. The number of carboxylic acids is 1. The van der Waals surface area contributed by atoms with Gasteiger partial charge in [-0.15, -0.1) is 0 Å². The number of aryl methyl sites for hydroxylation is 1. The van der Waals surface area contributed by atoms with E-state index in [4.69, 9.17) is 5.11 Å². The van der Waals surface area contributed by atoms with E-state index in [0.717, 1.165) is 5.56 Å². The van der Waals surface area contributed by atoms with Gasteiger partial charge in [0.25, 0.3) is 5.91 Å². The first-order chi connectivity index (χ1) is 14.2. The highest BCUT2D eigenvalue weighted by molar-refractivity contribution is 7.92. The number of hydrogen-bond donors (Lipinski definition) is 2.